The van der Waals surface area contributed by atoms with E-state index in [4.69, 9.17) is 0 Å². The van der Waals surface area contributed by atoms with E-state index in [1.165, 1.54) is 127 Å². The first-order chi connectivity index (χ1) is 15.7. The number of aromatic amines is 2. The second-order valence-electron chi connectivity index (χ2n) is 9.43. The number of aromatic nitrogens is 4. The number of nitrogens with zero attached hydrogens (tertiary/aromatic N) is 2. The summed E-state index contributed by atoms with van der Waals surface area (Å²) in [7, 11) is 0. The molecule has 2 heterocycles. The van der Waals surface area contributed by atoms with Gasteiger partial charge in [-0.1, -0.05) is 90.9 Å². The lowest BCUT2D eigenvalue weighted by molar-refractivity contribution is -0.702. The van der Waals surface area contributed by atoms with E-state index < -0.39 is 0 Å². The summed E-state index contributed by atoms with van der Waals surface area (Å²) in [6.45, 7) is 11.1. The molecule has 2 N–H and O–H groups in total. The third kappa shape index (κ3) is 18.7. The van der Waals surface area contributed by atoms with Gasteiger partial charge in [0.15, 0.2) is 0 Å². The lowest BCUT2D eigenvalue weighted by Crippen LogP contribution is -3.00. The average Bonchev–Trinajstić information content (AvgIpc) is 3.40. The van der Waals surface area contributed by atoms with Crippen molar-refractivity contribution in [1.29, 1.82) is 0 Å². The van der Waals surface area contributed by atoms with Crippen molar-refractivity contribution < 1.29 is 43.1 Å². The number of nitrogens with one attached hydrogen (secondary N) is 2. The minimum Gasteiger partial charge on any atom is -1.00 e. The monoisotopic (exact) mass is 604 g/mol. The Labute approximate surface area is 232 Å². The standard InChI is InChI=1S/2C14H26N2.2BrH/c2*1-3-4-5-6-7-8-9-10-12-16-13-11-15-14(16)2;;/h2*11,13H,3-10,12H2,1-2H3;2*1H. The zero-order chi connectivity index (χ0) is 23.3. The molecule has 2 aromatic heterocycles. The van der Waals surface area contributed by atoms with Crippen LogP contribution in [-0.4, -0.2) is 9.97 Å². The quantitative estimate of drug-likeness (QED) is 0.191. The lowest BCUT2D eigenvalue weighted by Gasteiger charge is -2.01. The van der Waals surface area contributed by atoms with Crippen LogP contribution in [0.2, 0.25) is 0 Å². The first-order valence-corrected chi connectivity index (χ1v) is 13.8. The van der Waals surface area contributed by atoms with Gasteiger partial charge in [-0.15, -0.1) is 0 Å². The molecule has 0 aliphatic carbocycles. The number of hydrogen-bond donors (Lipinski definition) is 2. The second-order valence-corrected chi connectivity index (χ2v) is 9.43. The van der Waals surface area contributed by atoms with Crippen molar-refractivity contribution in [2.24, 2.45) is 0 Å². The van der Waals surface area contributed by atoms with Gasteiger partial charge in [0.1, 0.15) is 24.8 Å². The van der Waals surface area contributed by atoms with Gasteiger partial charge in [0.2, 0.25) is 0 Å². The number of hydrogen-bond acceptors (Lipinski definition) is 0. The number of halogens is 2. The summed E-state index contributed by atoms with van der Waals surface area (Å²) in [4.78, 5) is 6.41. The molecule has 0 radical (unpaired) electrons. The van der Waals surface area contributed by atoms with Crippen molar-refractivity contribution in [1.82, 2.24) is 9.97 Å². The predicted octanol–water partition coefficient (Wildman–Crippen LogP) is 1.51. The van der Waals surface area contributed by atoms with Crippen LogP contribution in [0.3, 0.4) is 0 Å². The molecule has 6 heteroatoms. The molecule has 0 atom stereocenters. The maximum Gasteiger partial charge on any atom is 0.251 e. The smallest absolute Gasteiger partial charge is 0.251 e. The average molecular weight is 607 g/mol. The molecular formula is C28H54Br2N4. The van der Waals surface area contributed by atoms with Crippen LogP contribution < -0.4 is 43.1 Å². The normalized spacial score (nSPS) is 10.2. The van der Waals surface area contributed by atoms with Crippen molar-refractivity contribution in [2.75, 3.05) is 0 Å². The third-order valence-electron chi connectivity index (χ3n) is 6.46. The van der Waals surface area contributed by atoms with Crippen molar-refractivity contribution in [3.05, 3.63) is 36.4 Å². The van der Waals surface area contributed by atoms with Crippen LogP contribution in [0.5, 0.6) is 0 Å². The molecule has 0 unspecified atom stereocenters. The summed E-state index contributed by atoms with van der Waals surface area (Å²) in [6, 6.07) is 0. The Hall–Kier alpha value is -0.620. The molecular weight excluding hydrogens is 552 g/mol. The minimum atomic E-state index is 0. The molecule has 4 nitrogen and oxygen atoms in total. The molecule has 0 saturated carbocycles. The van der Waals surface area contributed by atoms with E-state index in [1.807, 2.05) is 12.4 Å². The molecule has 0 bridgehead atoms. The Morgan fingerprint density at radius 3 is 1.06 bits per heavy atom. The fourth-order valence-corrected chi connectivity index (χ4v) is 4.20. The van der Waals surface area contributed by atoms with E-state index >= 15 is 0 Å². The molecule has 200 valence electrons. The molecule has 0 saturated heterocycles. The van der Waals surface area contributed by atoms with E-state index in [2.05, 4.69) is 59.2 Å². The van der Waals surface area contributed by atoms with E-state index in [0.29, 0.717) is 0 Å². The molecule has 2 aromatic rings. The van der Waals surface area contributed by atoms with Gasteiger partial charge in [-0.05, 0) is 25.7 Å². The first-order valence-electron chi connectivity index (χ1n) is 13.8. The zero-order valence-corrected chi connectivity index (χ0v) is 25.9. The van der Waals surface area contributed by atoms with Crippen molar-refractivity contribution in [3.8, 4) is 0 Å². The summed E-state index contributed by atoms with van der Waals surface area (Å²) in [5.41, 5.74) is 0. The molecule has 2 rings (SSSR count). The van der Waals surface area contributed by atoms with Crippen LogP contribution >= 0.6 is 0 Å². The van der Waals surface area contributed by atoms with E-state index in [1.54, 1.807) is 0 Å². The van der Waals surface area contributed by atoms with Crippen LogP contribution in [0.4, 0.5) is 0 Å². The largest absolute Gasteiger partial charge is 1.00 e. The summed E-state index contributed by atoms with van der Waals surface area (Å²) >= 11 is 0. The maximum absolute atomic E-state index is 3.21. The Kier molecular flexibility index (Phi) is 26.6. The third-order valence-corrected chi connectivity index (χ3v) is 6.46. The molecule has 34 heavy (non-hydrogen) atoms. The van der Waals surface area contributed by atoms with E-state index in [0.717, 1.165) is 0 Å². The maximum atomic E-state index is 3.21. The Balaban J connectivity index is 0. The summed E-state index contributed by atoms with van der Waals surface area (Å²) in [5, 5.41) is 0. The fourth-order valence-electron chi connectivity index (χ4n) is 4.20. The minimum absolute atomic E-state index is 0. The zero-order valence-electron chi connectivity index (χ0n) is 22.7. The number of H-pyrrole nitrogens is 2. The van der Waals surface area contributed by atoms with Gasteiger partial charge in [-0.25, -0.2) is 19.1 Å². The lowest BCUT2D eigenvalue weighted by atomic mass is 10.1. The highest BCUT2D eigenvalue weighted by atomic mass is 79.9. The predicted molar refractivity (Wildman–Crippen MR) is 137 cm³/mol. The van der Waals surface area contributed by atoms with E-state index in [9.17, 15) is 0 Å². The van der Waals surface area contributed by atoms with Gasteiger partial charge in [-0.2, -0.15) is 0 Å². The van der Waals surface area contributed by atoms with Gasteiger partial charge < -0.3 is 34.0 Å². The topological polar surface area (TPSA) is 39.3 Å². The summed E-state index contributed by atoms with van der Waals surface area (Å²) in [6.07, 6.45) is 30.6. The Morgan fingerprint density at radius 2 is 0.794 bits per heavy atom. The van der Waals surface area contributed by atoms with Crippen molar-refractivity contribution >= 4 is 0 Å². The van der Waals surface area contributed by atoms with Crippen LogP contribution in [0.1, 0.15) is 128 Å². The number of rotatable bonds is 18. The van der Waals surface area contributed by atoms with Crippen LogP contribution in [0.25, 0.3) is 0 Å². The first kappa shape index (κ1) is 35.5. The van der Waals surface area contributed by atoms with Gasteiger partial charge in [0.25, 0.3) is 11.6 Å². The summed E-state index contributed by atoms with van der Waals surface area (Å²) in [5.74, 6) is 2.53. The molecule has 0 aliphatic heterocycles. The van der Waals surface area contributed by atoms with Crippen molar-refractivity contribution in [3.63, 3.8) is 0 Å². The van der Waals surface area contributed by atoms with Gasteiger partial charge in [-0.3, -0.25) is 0 Å². The Bertz CT molecular complexity index is 598. The fraction of sp³-hybridized carbons (Fsp3) is 0.786. The molecule has 0 aromatic carbocycles. The van der Waals surface area contributed by atoms with E-state index in [-0.39, 0.29) is 34.0 Å². The van der Waals surface area contributed by atoms with Gasteiger partial charge in [0, 0.05) is 13.8 Å². The van der Waals surface area contributed by atoms with Crippen LogP contribution in [-0.2, 0) is 13.1 Å². The number of unbranched alkanes of at least 4 members (excludes halogenated alkanes) is 14. The van der Waals surface area contributed by atoms with Crippen LogP contribution in [0, 0.1) is 13.8 Å². The molecule has 0 spiro atoms. The van der Waals surface area contributed by atoms with Crippen molar-refractivity contribution in [2.45, 2.75) is 144 Å². The van der Waals surface area contributed by atoms with Gasteiger partial charge in [0.05, 0.1) is 13.1 Å². The SMILES string of the molecule is CCCCCCCCCC[n+]1cc[nH]c1C.CCCCCCCCCC[n+]1cc[nH]c1C.[Br-].[Br-]. The number of aryl methyl sites for hydroxylation is 4. The second kappa shape index (κ2) is 25.5. The Morgan fingerprint density at radius 1 is 0.500 bits per heavy atom. The molecule has 0 aliphatic rings. The van der Waals surface area contributed by atoms with Crippen LogP contribution in [0.15, 0.2) is 24.8 Å². The van der Waals surface area contributed by atoms with Gasteiger partial charge >= 0.3 is 0 Å². The number of imidazole rings is 2. The summed E-state index contributed by atoms with van der Waals surface area (Å²) < 4.78 is 4.61. The molecule has 0 amide bonds. The highest BCUT2D eigenvalue weighted by Crippen LogP contribution is 2.09. The molecule has 0 fully saturated rings. The highest BCUT2D eigenvalue weighted by Gasteiger charge is 2.03. The highest BCUT2D eigenvalue weighted by molar-refractivity contribution is 4.71.